The van der Waals surface area contributed by atoms with E-state index >= 15 is 0 Å². The van der Waals surface area contributed by atoms with Gasteiger partial charge < -0.3 is 19.5 Å². The molecule has 0 spiro atoms. The van der Waals surface area contributed by atoms with Gasteiger partial charge in [0.15, 0.2) is 0 Å². The minimum Gasteiger partial charge on any atom is -0.491 e. The van der Waals surface area contributed by atoms with Crippen molar-refractivity contribution in [2.24, 2.45) is 0 Å². The number of carbonyl (C=O) groups is 1. The summed E-state index contributed by atoms with van der Waals surface area (Å²) in [6.07, 6.45) is 0. The molecule has 1 atom stereocenters. The van der Waals surface area contributed by atoms with Crippen molar-refractivity contribution in [3.05, 3.63) is 101 Å². The van der Waals surface area contributed by atoms with Crippen LogP contribution in [0.15, 0.2) is 78.9 Å². The molecule has 0 heterocycles. The van der Waals surface area contributed by atoms with Crippen LogP contribution in [0, 0.1) is 5.82 Å². The lowest BCUT2D eigenvalue weighted by Gasteiger charge is -2.17. The minimum absolute atomic E-state index is 0.0798. The number of hydrogen-bond acceptors (Lipinski definition) is 5. The topological polar surface area (TPSA) is 56.8 Å². The van der Waals surface area contributed by atoms with Crippen molar-refractivity contribution in [3.63, 3.8) is 0 Å². The molecule has 0 aliphatic heterocycles. The van der Waals surface area contributed by atoms with Crippen LogP contribution < -0.4 is 10.1 Å². The van der Waals surface area contributed by atoms with Crippen molar-refractivity contribution < 1.29 is 23.4 Å². The van der Waals surface area contributed by atoms with Crippen molar-refractivity contribution in [3.8, 4) is 16.9 Å². The molecule has 0 amide bonds. The van der Waals surface area contributed by atoms with Crippen LogP contribution in [0.1, 0.15) is 34.5 Å². The van der Waals surface area contributed by atoms with Gasteiger partial charge in [-0.1, -0.05) is 42.5 Å². The number of esters is 1. The largest absolute Gasteiger partial charge is 0.491 e. The summed E-state index contributed by atoms with van der Waals surface area (Å²) in [7, 11) is 2.90. The Morgan fingerprint density at radius 1 is 0.944 bits per heavy atom. The van der Waals surface area contributed by atoms with Gasteiger partial charge in [0.25, 0.3) is 0 Å². The lowest BCUT2D eigenvalue weighted by molar-refractivity contribution is 0.0595. The van der Waals surface area contributed by atoms with Crippen molar-refractivity contribution in [2.75, 3.05) is 27.4 Å². The molecule has 5 nitrogen and oxygen atoms in total. The molecule has 6 heteroatoms. The lowest BCUT2D eigenvalue weighted by Crippen LogP contribution is -2.18. The first-order chi connectivity index (χ1) is 17.5. The molecule has 0 saturated heterocycles. The summed E-state index contributed by atoms with van der Waals surface area (Å²) in [5, 5.41) is 5.68. The highest BCUT2D eigenvalue weighted by atomic mass is 19.1. The Balaban J connectivity index is 1.59. The number of benzene rings is 4. The molecule has 1 N–H and O–H groups in total. The standard InChI is InChI=1S/C30H30FNO4/c1-20(22-8-6-9-25(17-22)36-14-13-34-2)32-19-21-15-23-7-4-5-10-26(23)27(16-21)24-11-12-29(31)28(18-24)30(33)35-3/h4-12,15-18,20,32H,13-14,19H2,1-3H3/t20-/m1/s1. The summed E-state index contributed by atoms with van der Waals surface area (Å²) in [6.45, 7) is 3.78. The van der Waals surface area contributed by atoms with Crippen molar-refractivity contribution >= 4 is 16.7 Å². The van der Waals surface area contributed by atoms with Crippen molar-refractivity contribution in [1.29, 1.82) is 0 Å². The number of rotatable bonds is 10. The van der Waals surface area contributed by atoms with Gasteiger partial charge in [0.2, 0.25) is 0 Å². The quantitative estimate of drug-likeness (QED) is 0.210. The molecule has 0 radical (unpaired) electrons. The Labute approximate surface area is 210 Å². The number of methoxy groups -OCH3 is 2. The van der Waals surface area contributed by atoms with Gasteiger partial charge in [-0.15, -0.1) is 0 Å². The maximum Gasteiger partial charge on any atom is 0.340 e. The average molecular weight is 488 g/mol. The second-order valence-corrected chi connectivity index (χ2v) is 8.57. The molecule has 0 fully saturated rings. The predicted octanol–water partition coefficient (Wildman–Crippen LogP) is 6.31. The highest BCUT2D eigenvalue weighted by molar-refractivity contribution is 5.99. The number of hydrogen-bond donors (Lipinski definition) is 1. The van der Waals surface area contributed by atoms with Crippen molar-refractivity contribution in [1.82, 2.24) is 5.32 Å². The van der Waals surface area contributed by atoms with E-state index in [1.807, 2.05) is 36.4 Å². The Morgan fingerprint density at radius 2 is 1.78 bits per heavy atom. The molecule has 4 aromatic rings. The van der Waals surface area contributed by atoms with E-state index in [1.54, 1.807) is 19.2 Å². The maximum atomic E-state index is 14.3. The zero-order valence-electron chi connectivity index (χ0n) is 20.7. The molecule has 0 aromatic heterocycles. The fourth-order valence-corrected chi connectivity index (χ4v) is 4.18. The van der Waals surface area contributed by atoms with E-state index < -0.39 is 11.8 Å². The first kappa shape index (κ1) is 25.4. The average Bonchev–Trinajstić information content (AvgIpc) is 2.91. The Bertz CT molecular complexity index is 1350. The molecule has 4 rings (SSSR count). The number of nitrogens with one attached hydrogen (secondary N) is 1. The Morgan fingerprint density at radius 3 is 2.58 bits per heavy atom. The first-order valence-corrected chi connectivity index (χ1v) is 11.8. The first-order valence-electron chi connectivity index (χ1n) is 11.8. The van der Waals surface area contributed by atoms with Crippen LogP contribution in [-0.2, 0) is 16.0 Å². The third kappa shape index (κ3) is 5.90. The molecule has 0 unspecified atom stereocenters. The number of ether oxygens (including phenoxy) is 3. The van der Waals surface area contributed by atoms with Crippen LogP contribution in [-0.4, -0.2) is 33.4 Å². The van der Waals surface area contributed by atoms with Gasteiger partial charge in [-0.2, -0.15) is 0 Å². The van der Waals surface area contributed by atoms with Crippen LogP contribution in [0.4, 0.5) is 4.39 Å². The summed E-state index contributed by atoms with van der Waals surface area (Å²) >= 11 is 0. The number of carbonyl (C=O) groups excluding carboxylic acids is 1. The zero-order chi connectivity index (χ0) is 25.5. The van der Waals surface area contributed by atoms with Gasteiger partial charge in [0, 0.05) is 19.7 Å². The highest BCUT2D eigenvalue weighted by Crippen LogP contribution is 2.32. The van der Waals surface area contributed by atoms with E-state index in [0.29, 0.717) is 19.8 Å². The second kappa shape index (κ2) is 11.8. The molecule has 0 bridgehead atoms. The lowest BCUT2D eigenvalue weighted by atomic mass is 9.94. The highest BCUT2D eigenvalue weighted by Gasteiger charge is 2.15. The summed E-state index contributed by atoms with van der Waals surface area (Å²) in [5.41, 5.74) is 3.79. The summed E-state index contributed by atoms with van der Waals surface area (Å²) in [6, 6.07) is 24.9. The van der Waals surface area contributed by atoms with Gasteiger partial charge in [0.05, 0.1) is 19.3 Å². The molecule has 0 aliphatic rings. The van der Waals surface area contributed by atoms with Crippen LogP contribution in [0.3, 0.4) is 0 Å². The normalized spacial score (nSPS) is 11.9. The van der Waals surface area contributed by atoms with Crippen molar-refractivity contribution in [2.45, 2.75) is 19.5 Å². The monoisotopic (exact) mass is 487 g/mol. The fraction of sp³-hybridized carbons (Fsp3) is 0.233. The van der Waals surface area contributed by atoms with Gasteiger partial charge >= 0.3 is 5.97 Å². The summed E-state index contributed by atoms with van der Waals surface area (Å²) in [4.78, 5) is 12.1. The van der Waals surface area contributed by atoms with Crippen LogP contribution in [0.2, 0.25) is 0 Å². The third-order valence-electron chi connectivity index (χ3n) is 6.13. The Kier molecular flexibility index (Phi) is 8.31. The fourth-order valence-electron chi connectivity index (χ4n) is 4.18. The van der Waals surface area contributed by atoms with Gasteiger partial charge in [-0.25, -0.2) is 9.18 Å². The predicted molar refractivity (Wildman–Crippen MR) is 140 cm³/mol. The van der Waals surface area contributed by atoms with Crippen LogP contribution in [0.5, 0.6) is 5.75 Å². The van der Waals surface area contributed by atoms with Gasteiger partial charge in [-0.3, -0.25) is 0 Å². The molecule has 0 saturated carbocycles. The van der Waals surface area contributed by atoms with E-state index in [2.05, 4.69) is 36.5 Å². The molecule has 36 heavy (non-hydrogen) atoms. The molecule has 0 aliphatic carbocycles. The summed E-state index contributed by atoms with van der Waals surface area (Å²) in [5.74, 6) is -0.488. The van der Waals surface area contributed by atoms with Crippen LogP contribution in [0.25, 0.3) is 21.9 Å². The van der Waals surface area contributed by atoms with Gasteiger partial charge in [-0.05, 0) is 76.3 Å². The van der Waals surface area contributed by atoms with E-state index in [4.69, 9.17) is 14.2 Å². The molecule has 4 aromatic carbocycles. The minimum atomic E-state index is -0.696. The number of halogens is 1. The maximum absolute atomic E-state index is 14.3. The molecular weight excluding hydrogens is 457 g/mol. The van der Waals surface area contributed by atoms with E-state index in [1.165, 1.54) is 13.2 Å². The second-order valence-electron chi connectivity index (χ2n) is 8.57. The molecular formula is C30H30FNO4. The Hall–Kier alpha value is -3.74. The smallest absolute Gasteiger partial charge is 0.340 e. The summed E-state index contributed by atoms with van der Waals surface area (Å²) < 4.78 is 29.8. The SMILES string of the molecule is COCCOc1cccc([C@@H](C)NCc2cc(-c3ccc(F)c(C(=O)OC)c3)c3ccccc3c2)c1. The van der Waals surface area contributed by atoms with Crippen LogP contribution >= 0.6 is 0 Å². The van der Waals surface area contributed by atoms with E-state index in [9.17, 15) is 9.18 Å². The zero-order valence-corrected chi connectivity index (χ0v) is 20.7. The van der Waals surface area contributed by atoms with Gasteiger partial charge in [0.1, 0.15) is 18.2 Å². The van der Waals surface area contributed by atoms with E-state index in [0.717, 1.165) is 38.8 Å². The number of fused-ring (bicyclic) bond motifs is 1. The van der Waals surface area contributed by atoms with E-state index in [-0.39, 0.29) is 11.6 Å². The third-order valence-corrected chi connectivity index (χ3v) is 6.13. The molecule has 186 valence electrons.